The minimum absolute atomic E-state index is 0.0759. The van der Waals surface area contributed by atoms with E-state index >= 15 is 0 Å². The van der Waals surface area contributed by atoms with E-state index < -0.39 is 0 Å². The van der Waals surface area contributed by atoms with Crippen molar-refractivity contribution < 1.29 is 9.53 Å². The van der Waals surface area contributed by atoms with Crippen LogP contribution in [0.15, 0.2) is 29.8 Å². The summed E-state index contributed by atoms with van der Waals surface area (Å²) in [7, 11) is 0. The first-order valence-corrected chi connectivity index (χ1v) is 4.66. The van der Waals surface area contributed by atoms with E-state index in [1.165, 1.54) is 0 Å². The van der Waals surface area contributed by atoms with Crippen molar-refractivity contribution in [1.82, 2.24) is 0 Å². The van der Waals surface area contributed by atoms with Crippen LogP contribution in [0.5, 0.6) is 5.75 Å². The highest BCUT2D eigenvalue weighted by Crippen LogP contribution is 2.29. The van der Waals surface area contributed by atoms with Crippen molar-refractivity contribution in [2.75, 3.05) is 0 Å². The Morgan fingerprint density at radius 3 is 2.79 bits per heavy atom. The molecule has 1 aromatic carbocycles. The van der Waals surface area contributed by atoms with E-state index in [1.54, 1.807) is 6.92 Å². The number of ketones is 1. The number of carbonyl (C=O) groups is 1. The Hall–Kier alpha value is -1.57. The number of carbonyl (C=O) groups excluding carboxylic acids is 1. The molecule has 0 aromatic heterocycles. The number of benzene rings is 1. The van der Waals surface area contributed by atoms with Crippen LogP contribution >= 0.6 is 0 Å². The predicted octanol–water partition coefficient (Wildman–Crippen LogP) is 2.44. The highest BCUT2D eigenvalue weighted by Gasteiger charge is 2.20. The van der Waals surface area contributed by atoms with Crippen LogP contribution in [0, 0.1) is 0 Å². The summed E-state index contributed by atoms with van der Waals surface area (Å²) < 4.78 is 5.62. The summed E-state index contributed by atoms with van der Waals surface area (Å²) >= 11 is 0. The monoisotopic (exact) mass is 188 g/mol. The second-order valence-electron chi connectivity index (χ2n) is 3.45. The third-order valence-electron chi connectivity index (χ3n) is 2.38. The molecular weight excluding hydrogens is 176 g/mol. The second kappa shape index (κ2) is 3.29. The van der Waals surface area contributed by atoms with Crippen molar-refractivity contribution >= 4 is 11.9 Å². The quantitative estimate of drug-likeness (QED) is 0.676. The van der Waals surface area contributed by atoms with E-state index in [4.69, 9.17) is 4.74 Å². The molecule has 1 heterocycles. The van der Waals surface area contributed by atoms with E-state index in [9.17, 15) is 4.79 Å². The molecule has 0 saturated heterocycles. The molecule has 14 heavy (non-hydrogen) atoms. The molecule has 2 heteroatoms. The zero-order valence-electron chi connectivity index (χ0n) is 8.28. The lowest BCUT2D eigenvalue weighted by Gasteiger charge is -2.22. The van der Waals surface area contributed by atoms with E-state index in [1.807, 2.05) is 37.3 Å². The van der Waals surface area contributed by atoms with Gasteiger partial charge >= 0.3 is 0 Å². The van der Waals surface area contributed by atoms with Gasteiger partial charge in [-0.3, -0.25) is 4.79 Å². The Bertz CT molecular complexity index is 405. The van der Waals surface area contributed by atoms with Crippen molar-refractivity contribution in [2.24, 2.45) is 0 Å². The van der Waals surface area contributed by atoms with Crippen molar-refractivity contribution in [3.63, 3.8) is 0 Å². The standard InChI is InChI=1S/C12H12O2/c1-8(13)11-7-10-5-3-4-6-12(10)14-9(11)2/h3-7,9H,1-2H3. The predicted molar refractivity (Wildman–Crippen MR) is 55.2 cm³/mol. The van der Waals surface area contributed by atoms with Crippen LogP contribution in [-0.2, 0) is 4.79 Å². The minimum atomic E-state index is -0.137. The van der Waals surface area contributed by atoms with Gasteiger partial charge in [-0.1, -0.05) is 18.2 Å². The molecule has 0 spiro atoms. The zero-order chi connectivity index (χ0) is 10.1. The molecule has 1 aliphatic heterocycles. The fourth-order valence-corrected chi connectivity index (χ4v) is 1.63. The Balaban J connectivity index is 2.49. The van der Waals surface area contributed by atoms with Crippen LogP contribution in [-0.4, -0.2) is 11.9 Å². The Morgan fingerprint density at radius 1 is 1.36 bits per heavy atom. The minimum Gasteiger partial charge on any atom is -0.485 e. The molecule has 0 N–H and O–H groups in total. The number of fused-ring (bicyclic) bond motifs is 1. The van der Waals surface area contributed by atoms with Gasteiger partial charge in [-0.25, -0.2) is 0 Å². The molecule has 0 amide bonds. The van der Waals surface area contributed by atoms with Crippen molar-refractivity contribution in [3.05, 3.63) is 35.4 Å². The maximum absolute atomic E-state index is 11.3. The number of ether oxygens (including phenoxy) is 1. The lowest BCUT2D eigenvalue weighted by atomic mass is 10.00. The SMILES string of the molecule is CC(=O)C1=Cc2ccccc2OC1C. The summed E-state index contributed by atoms with van der Waals surface area (Å²) in [5.74, 6) is 0.928. The maximum Gasteiger partial charge on any atom is 0.159 e. The Morgan fingerprint density at radius 2 is 2.07 bits per heavy atom. The van der Waals surface area contributed by atoms with Crippen LogP contribution in [0.25, 0.3) is 6.08 Å². The molecule has 1 aromatic rings. The Kier molecular flexibility index (Phi) is 2.12. The fourth-order valence-electron chi connectivity index (χ4n) is 1.63. The molecule has 2 rings (SSSR count). The number of rotatable bonds is 1. The van der Waals surface area contributed by atoms with Crippen molar-refractivity contribution in [2.45, 2.75) is 20.0 Å². The van der Waals surface area contributed by atoms with Crippen LogP contribution < -0.4 is 4.74 Å². The average Bonchev–Trinajstić information content (AvgIpc) is 2.16. The summed E-state index contributed by atoms with van der Waals surface area (Å²) in [4.78, 5) is 11.3. The maximum atomic E-state index is 11.3. The third-order valence-corrected chi connectivity index (χ3v) is 2.38. The molecule has 72 valence electrons. The summed E-state index contributed by atoms with van der Waals surface area (Å²) in [6, 6.07) is 7.73. The van der Waals surface area contributed by atoms with Gasteiger partial charge in [0.05, 0.1) is 0 Å². The van der Waals surface area contributed by atoms with Gasteiger partial charge in [-0.2, -0.15) is 0 Å². The van der Waals surface area contributed by atoms with Gasteiger partial charge in [-0.05, 0) is 26.0 Å². The highest BCUT2D eigenvalue weighted by molar-refractivity contribution is 5.99. The molecule has 1 aliphatic rings. The van der Waals surface area contributed by atoms with Gasteiger partial charge in [0.2, 0.25) is 0 Å². The fraction of sp³-hybridized carbons (Fsp3) is 0.250. The first kappa shape index (κ1) is 9.00. The lowest BCUT2D eigenvalue weighted by Crippen LogP contribution is -2.22. The summed E-state index contributed by atoms with van der Waals surface area (Å²) in [6.07, 6.45) is 1.77. The van der Waals surface area contributed by atoms with Gasteiger partial charge < -0.3 is 4.74 Å². The third kappa shape index (κ3) is 1.43. The largest absolute Gasteiger partial charge is 0.485 e. The molecule has 1 unspecified atom stereocenters. The zero-order valence-corrected chi connectivity index (χ0v) is 8.28. The summed E-state index contributed by atoms with van der Waals surface area (Å²) in [6.45, 7) is 3.46. The van der Waals surface area contributed by atoms with E-state index in [-0.39, 0.29) is 11.9 Å². The number of hydrogen-bond acceptors (Lipinski definition) is 2. The lowest BCUT2D eigenvalue weighted by molar-refractivity contribution is -0.114. The van der Waals surface area contributed by atoms with E-state index in [0.29, 0.717) is 0 Å². The van der Waals surface area contributed by atoms with Gasteiger partial charge in [0.15, 0.2) is 5.78 Å². The molecule has 1 atom stereocenters. The number of hydrogen-bond donors (Lipinski definition) is 0. The number of para-hydroxylation sites is 1. The topological polar surface area (TPSA) is 26.3 Å². The number of Topliss-reactive ketones (excluding diaryl/α,β-unsaturated/α-hetero) is 1. The highest BCUT2D eigenvalue weighted by atomic mass is 16.5. The van der Waals surface area contributed by atoms with E-state index in [0.717, 1.165) is 16.9 Å². The average molecular weight is 188 g/mol. The van der Waals surface area contributed by atoms with Crippen LogP contribution in [0.1, 0.15) is 19.4 Å². The van der Waals surface area contributed by atoms with Crippen LogP contribution in [0.2, 0.25) is 0 Å². The van der Waals surface area contributed by atoms with Gasteiger partial charge in [0, 0.05) is 11.1 Å². The van der Waals surface area contributed by atoms with Gasteiger partial charge in [0.1, 0.15) is 11.9 Å². The Labute approximate surface area is 83.2 Å². The van der Waals surface area contributed by atoms with Crippen LogP contribution in [0.4, 0.5) is 0 Å². The first-order chi connectivity index (χ1) is 6.68. The molecule has 2 nitrogen and oxygen atoms in total. The smallest absolute Gasteiger partial charge is 0.159 e. The normalized spacial score (nSPS) is 19.3. The van der Waals surface area contributed by atoms with Crippen molar-refractivity contribution in [3.8, 4) is 5.75 Å². The molecule has 0 fully saturated rings. The summed E-state index contributed by atoms with van der Waals surface area (Å²) in [5, 5.41) is 0. The van der Waals surface area contributed by atoms with E-state index in [2.05, 4.69) is 0 Å². The van der Waals surface area contributed by atoms with Gasteiger partial charge in [0.25, 0.3) is 0 Å². The molecule has 0 bridgehead atoms. The molecule has 0 radical (unpaired) electrons. The molecule has 0 aliphatic carbocycles. The second-order valence-corrected chi connectivity index (χ2v) is 3.45. The van der Waals surface area contributed by atoms with Gasteiger partial charge in [-0.15, -0.1) is 0 Å². The first-order valence-electron chi connectivity index (χ1n) is 4.66. The molecular formula is C12H12O2. The van der Waals surface area contributed by atoms with Crippen molar-refractivity contribution in [1.29, 1.82) is 0 Å². The summed E-state index contributed by atoms with van der Waals surface area (Å²) in [5.41, 5.74) is 1.72. The molecule has 0 saturated carbocycles. The van der Waals surface area contributed by atoms with Crippen LogP contribution in [0.3, 0.4) is 0 Å².